The quantitative estimate of drug-likeness (QED) is 0.603. The topological polar surface area (TPSA) is 16.2 Å². The van der Waals surface area contributed by atoms with Gasteiger partial charge in [0.25, 0.3) is 0 Å². The van der Waals surface area contributed by atoms with Crippen LogP contribution in [0.5, 0.6) is 0 Å². The molecule has 0 unspecified atom stereocenters. The van der Waals surface area contributed by atoms with E-state index in [1.165, 1.54) is 0 Å². The van der Waals surface area contributed by atoms with Crippen LogP contribution in [-0.4, -0.2) is 125 Å². The molecule has 0 atom stereocenters. The van der Waals surface area contributed by atoms with Crippen LogP contribution in [0.3, 0.4) is 0 Å². The Morgan fingerprint density at radius 1 is 0.300 bits per heavy atom. The molecule has 0 aromatic rings. The summed E-state index contributed by atoms with van der Waals surface area (Å²) >= 11 is 0. The monoisotopic (exact) mass is 285 g/mol. The van der Waals surface area contributed by atoms with E-state index in [0.717, 1.165) is 65.4 Å². The lowest BCUT2D eigenvalue weighted by Gasteiger charge is -2.25. The van der Waals surface area contributed by atoms with Crippen LogP contribution in [0.1, 0.15) is 0 Å². The Bertz CT molecular complexity index is 170. The molecular weight excluding hydrogens is 250 g/mol. The van der Waals surface area contributed by atoms with E-state index < -0.39 is 0 Å². The zero-order valence-electron chi connectivity index (χ0n) is 14.3. The van der Waals surface area contributed by atoms with Crippen molar-refractivity contribution < 1.29 is 0 Å². The second-order valence-electron chi connectivity index (χ2n) is 6.52. The van der Waals surface area contributed by atoms with E-state index in [4.69, 9.17) is 0 Å². The van der Waals surface area contributed by atoms with E-state index in [0.29, 0.717) is 0 Å². The summed E-state index contributed by atoms with van der Waals surface area (Å²) in [7, 11) is 11.2. The normalized spacial score (nSPS) is 26.2. The third kappa shape index (κ3) is 8.17. The molecule has 1 rings (SSSR count). The lowest BCUT2D eigenvalue weighted by Crippen LogP contribution is -2.38. The van der Waals surface area contributed by atoms with Crippen LogP contribution >= 0.6 is 0 Å². The predicted molar refractivity (Wildman–Crippen MR) is 87.5 cm³/mol. The van der Waals surface area contributed by atoms with Crippen LogP contribution < -0.4 is 0 Å². The molecule has 0 aliphatic carbocycles. The van der Waals surface area contributed by atoms with E-state index in [-0.39, 0.29) is 0 Å². The Morgan fingerprint density at radius 3 is 0.500 bits per heavy atom. The molecule has 0 bridgehead atoms. The van der Waals surface area contributed by atoms with E-state index in [9.17, 15) is 0 Å². The molecule has 5 nitrogen and oxygen atoms in total. The maximum Gasteiger partial charge on any atom is 0.0107 e. The van der Waals surface area contributed by atoms with Gasteiger partial charge in [-0.15, -0.1) is 0 Å². The Balaban J connectivity index is 2.45. The van der Waals surface area contributed by atoms with Gasteiger partial charge in [0.05, 0.1) is 0 Å². The Labute approximate surface area is 126 Å². The fourth-order valence-corrected chi connectivity index (χ4v) is 2.27. The summed E-state index contributed by atoms with van der Waals surface area (Å²) in [5.74, 6) is 0. The van der Waals surface area contributed by atoms with Crippen LogP contribution in [0.15, 0.2) is 0 Å². The zero-order valence-corrected chi connectivity index (χ0v) is 14.3. The highest BCUT2D eigenvalue weighted by Gasteiger charge is 2.08. The molecule has 20 heavy (non-hydrogen) atoms. The van der Waals surface area contributed by atoms with E-state index in [2.05, 4.69) is 59.7 Å². The van der Waals surface area contributed by atoms with Gasteiger partial charge in [0.15, 0.2) is 0 Å². The average Bonchev–Trinajstić information content (AvgIpc) is 2.43. The summed E-state index contributed by atoms with van der Waals surface area (Å²) in [6.45, 7) is 11.6. The lowest BCUT2D eigenvalue weighted by molar-refractivity contribution is 0.216. The van der Waals surface area contributed by atoms with Crippen molar-refractivity contribution in [1.29, 1.82) is 0 Å². The summed E-state index contributed by atoms with van der Waals surface area (Å²) < 4.78 is 0. The van der Waals surface area contributed by atoms with Gasteiger partial charge in [-0.25, -0.2) is 0 Å². The van der Waals surface area contributed by atoms with Crippen LogP contribution in [0.25, 0.3) is 0 Å². The van der Waals surface area contributed by atoms with Gasteiger partial charge in [0, 0.05) is 65.4 Å². The minimum absolute atomic E-state index is 1.16. The number of likely N-dealkylation sites (N-methyl/N-ethyl adjacent to an activating group) is 5. The van der Waals surface area contributed by atoms with Crippen molar-refractivity contribution in [2.75, 3.05) is 101 Å². The first-order valence-corrected chi connectivity index (χ1v) is 7.90. The second kappa shape index (κ2) is 9.68. The third-order valence-electron chi connectivity index (χ3n) is 4.32. The Morgan fingerprint density at radius 2 is 0.400 bits per heavy atom. The highest BCUT2D eigenvalue weighted by Crippen LogP contribution is 1.94. The van der Waals surface area contributed by atoms with Gasteiger partial charge in [-0.2, -0.15) is 0 Å². The fraction of sp³-hybridized carbons (Fsp3) is 1.00. The van der Waals surface area contributed by atoms with Crippen molar-refractivity contribution in [1.82, 2.24) is 24.5 Å². The number of hydrogen-bond acceptors (Lipinski definition) is 5. The Hall–Kier alpha value is -0.200. The summed E-state index contributed by atoms with van der Waals surface area (Å²) in [4.78, 5) is 12.2. The summed E-state index contributed by atoms with van der Waals surface area (Å²) in [6.07, 6.45) is 0. The molecule has 1 heterocycles. The molecule has 1 fully saturated rings. The molecule has 0 N–H and O–H groups in total. The summed E-state index contributed by atoms with van der Waals surface area (Å²) in [5.41, 5.74) is 0. The largest absolute Gasteiger partial charge is 0.304 e. The highest BCUT2D eigenvalue weighted by molar-refractivity contribution is 4.65. The van der Waals surface area contributed by atoms with Gasteiger partial charge in [0.2, 0.25) is 0 Å². The molecular formula is C15H35N5. The summed E-state index contributed by atoms with van der Waals surface area (Å²) in [6, 6.07) is 0. The Kier molecular flexibility index (Phi) is 8.64. The van der Waals surface area contributed by atoms with Crippen LogP contribution in [0.4, 0.5) is 0 Å². The number of rotatable bonds is 0. The zero-order chi connectivity index (χ0) is 15.0. The van der Waals surface area contributed by atoms with Crippen molar-refractivity contribution in [2.45, 2.75) is 0 Å². The minimum atomic E-state index is 1.16. The molecule has 1 aliphatic heterocycles. The fourth-order valence-electron chi connectivity index (χ4n) is 2.27. The highest BCUT2D eigenvalue weighted by atomic mass is 15.2. The maximum atomic E-state index is 2.44. The number of nitrogens with zero attached hydrogens (tertiary/aromatic N) is 5. The van der Waals surface area contributed by atoms with Gasteiger partial charge in [0.1, 0.15) is 0 Å². The maximum absolute atomic E-state index is 2.44. The van der Waals surface area contributed by atoms with Crippen LogP contribution in [0, 0.1) is 0 Å². The van der Waals surface area contributed by atoms with Crippen molar-refractivity contribution in [3.63, 3.8) is 0 Å². The van der Waals surface area contributed by atoms with Gasteiger partial charge in [-0.1, -0.05) is 0 Å². The van der Waals surface area contributed by atoms with Crippen molar-refractivity contribution in [3.05, 3.63) is 0 Å². The smallest absolute Gasteiger partial charge is 0.0107 e. The molecule has 1 saturated heterocycles. The van der Waals surface area contributed by atoms with E-state index in [1.807, 2.05) is 0 Å². The SMILES string of the molecule is CN1CCN(C)CCN(C)CCN(C)CCN(C)CC1. The number of hydrogen-bond donors (Lipinski definition) is 0. The third-order valence-corrected chi connectivity index (χ3v) is 4.32. The molecule has 0 aromatic heterocycles. The van der Waals surface area contributed by atoms with E-state index in [1.54, 1.807) is 0 Å². The molecule has 1 aliphatic rings. The lowest BCUT2D eigenvalue weighted by atomic mass is 10.4. The molecule has 0 amide bonds. The average molecular weight is 285 g/mol. The van der Waals surface area contributed by atoms with Gasteiger partial charge >= 0.3 is 0 Å². The minimum Gasteiger partial charge on any atom is -0.304 e. The first-order chi connectivity index (χ1) is 9.47. The first-order valence-electron chi connectivity index (χ1n) is 7.90. The van der Waals surface area contributed by atoms with Crippen molar-refractivity contribution in [2.24, 2.45) is 0 Å². The molecule has 120 valence electrons. The molecule has 0 aromatic carbocycles. The molecule has 5 heteroatoms. The summed E-state index contributed by atoms with van der Waals surface area (Å²) in [5, 5.41) is 0. The van der Waals surface area contributed by atoms with Gasteiger partial charge in [-0.3, -0.25) is 0 Å². The van der Waals surface area contributed by atoms with Crippen molar-refractivity contribution >= 4 is 0 Å². The van der Waals surface area contributed by atoms with Gasteiger partial charge < -0.3 is 24.5 Å². The van der Waals surface area contributed by atoms with E-state index >= 15 is 0 Å². The molecule has 0 radical (unpaired) electrons. The first kappa shape index (κ1) is 17.9. The molecule has 0 saturated carbocycles. The van der Waals surface area contributed by atoms with Crippen LogP contribution in [-0.2, 0) is 0 Å². The second-order valence-corrected chi connectivity index (χ2v) is 6.52. The van der Waals surface area contributed by atoms with Crippen LogP contribution in [0.2, 0.25) is 0 Å². The molecule has 0 spiro atoms. The standard InChI is InChI=1S/C15H35N5/c1-16-6-8-17(2)10-12-19(4)14-15-20(5)13-11-18(3)9-7-16/h6-15H2,1-5H3. The van der Waals surface area contributed by atoms with Crippen molar-refractivity contribution in [3.8, 4) is 0 Å². The van der Waals surface area contributed by atoms with Gasteiger partial charge in [-0.05, 0) is 35.2 Å². The predicted octanol–water partition coefficient (Wildman–Crippen LogP) is -0.341.